The van der Waals surface area contributed by atoms with Gasteiger partial charge in [-0.3, -0.25) is 4.68 Å². The Morgan fingerprint density at radius 1 is 1.37 bits per heavy atom. The maximum Gasteiger partial charge on any atom is 0.130 e. The van der Waals surface area contributed by atoms with Crippen molar-refractivity contribution in [1.29, 1.82) is 0 Å². The largest absolute Gasteiger partial charge is 0.357 e. The molecule has 0 aromatic carbocycles. The quantitative estimate of drug-likeness (QED) is 0.781. The Balaban J connectivity index is 2.19. The van der Waals surface area contributed by atoms with Gasteiger partial charge in [0.25, 0.3) is 0 Å². The van der Waals surface area contributed by atoms with E-state index in [0.29, 0.717) is 11.5 Å². The summed E-state index contributed by atoms with van der Waals surface area (Å²) in [4.78, 5) is 2.45. The van der Waals surface area contributed by atoms with Gasteiger partial charge in [-0.05, 0) is 38.0 Å². The van der Waals surface area contributed by atoms with Crippen LogP contribution in [0, 0.1) is 12.3 Å². The highest BCUT2D eigenvalue weighted by atomic mass is 79.9. The van der Waals surface area contributed by atoms with Crippen LogP contribution in [0.4, 0.5) is 5.82 Å². The molecule has 0 saturated heterocycles. The van der Waals surface area contributed by atoms with E-state index in [1.165, 1.54) is 37.1 Å². The predicted octanol–water partition coefficient (Wildman–Crippen LogP) is 4.03. The molecule has 0 radical (unpaired) electrons. The van der Waals surface area contributed by atoms with E-state index >= 15 is 0 Å². The minimum atomic E-state index is 0.526. The van der Waals surface area contributed by atoms with Crippen LogP contribution < -0.4 is 4.90 Å². The van der Waals surface area contributed by atoms with Gasteiger partial charge in [-0.25, -0.2) is 0 Å². The second-order valence-electron chi connectivity index (χ2n) is 6.65. The van der Waals surface area contributed by atoms with Crippen LogP contribution in [0.2, 0.25) is 0 Å². The van der Waals surface area contributed by atoms with Crippen molar-refractivity contribution >= 4 is 21.7 Å². The highest BCUT2D eigenvalue weighted by Crippen LogP contribution is 2.38. The molecule has 19 heavy (non-hydrogen) atoms. The summed E-state index contributed by atoms with van der Waals surface area (Å²) < 4.78 is 2.03. The molecule has 1 aliphatic rings. The summed E-state index contributed by atoms with van der Waals surface area (Å²) in [5, 5.41) is 5.45. The Labute approximate surface area is 125 Å². The number of anilines is 1. The Morgan fingerprint density at radius 2 is 1.95 bits per heavy atom. The SMILES string of the molecule is Cc1nn(C)c(N(C)C2CCC(C)(C)CC2)c1CBr. The molecule has 0 aliphatic heterocycles. The van der Waals surface area contributed by atoms with Gasteiger partial charge in [0.15, 0.2) is 0 Å². The summed E-state index contributed by atoms with van der Waals surface area (Å²) in [5.74, 6) is 1.28. The summed E-state index contributed by atoms with van der Waals surface area (Å²) in [6.07, 6.45) is 5.22. The van der Waals surface area contributed by atoms with Crippen molar-refractivity contribution in [2.45, 2.75) is 57.8 Å². The smallest absolute Gasteiger partial charge is 0.130 e. The van der Waals surface area contributed by atoms with Gasteiger partial charge in [-0.1, -0.05) is 29.8 Å². The van der Waals surface area contributed by atoms with Crippen LogP contribution in [-0.4, -0.2) is 22.9 Å². The van der Waals surface area contributed by atoms with E-state index in [0.717, 1.165) is 11.0 Å². The first-order valence-corrected chi connectivity index (χ1v) is 8.29. The fourth-order valence-corrected chi connectivity index (χ4v) is 3.89. The fourth-order valence-electron chi connectivity index (χ4n) is 3.23. The molecular formula is C15H26BrN3. The zero-order valence-electron chi connectivity index (χ0n) is 12.8. The van der Waals surface area contributed by atoms with Gasteiger partial charge in [-0.15, -0.1) is 0 Å². The van der Waals surface area contributed by atoms with Gasteiger partial charge in [0.1, 0.15) is 5.82 Å². The first-order chi connectivity index (χ1) is 8.85. The number of nitrogens with zero attached hydrogens (tertiary/aromatic N) is 3. The number of rotatable bonds is 3. The number of aromatic nitrogens is 2. The average molecular weight is 328 g/mol. The second-order valence-corrected chi connectivity index (χ2v) is 7.21. The van der Waals surface area contributed by atoms with E-state index in [1.807, 2.05) is 4.68 Å². The number of alkyl halides is 1. The zero-order chi connectivity index (χ0) is 14.2. The number of halogens is 1. The standard InChI is InChI=1S/C15H26BrN3/c1-11-13(10-16)14(19(5)17-11)18(4)12-6-8-15(2,3)9-7-12/h12H,6-10H2,1-5H3. The van der Waals surface area contributed by atoms with Gasteiger partial charge >= 0.3 is 0 Å². The molecule has 2 rings (SSSR count). The second kappa shape index (κ2) is 5.47. The van der Waals surface area contributed by atoms with Crippen LogP contribution in [0.5, 0.6) is 0 Å². The van der Waals surface area contributed by atoms with E-state index in [1.54, 1.807) is 0 Å². The molecule has 0 N–H and O–H groups in total. The lowest BCUT2D eigenvalue weighted by atomic mass is 9.75. The van der Waals surface area contributed by atoms with Crippen molar-refractivity contribution < 1.29 is 0 Å². The molecule has 0 unspecified atom stereocenters. The summed E-state index contributed by atoms with van der Waals surface area (Å²) in [6, 6.07) is 0.653. The molecule has 0 atom stereocenters. The maximum atomic E-state index is 4.57. The minimum absolute atomic E-state index is 0.526. The van der Waals surface area contributed by atoms with Crippen LogP contribution in [0.15, 0.2) is 0 Å². The van der Waals surface area contributed by atoms with Crippen molar-refractivity contribution in [2.24, 2.45) is 12.5 Å². The molecule has 0 amide bonds. The van der Waals surface area contributed by atoms with E-state index < -0.39 is 0 Å². The third kappa shape index (κ3) is 2.99. The molecule has 1 fully saturated rings. The number of hydrogen-bond acceptors (Lipinski definition) is 2. The van der Waals surface area contributed by atoms with E-state index in [-0.39, 0.29) is 0 Å². The Bertz CT molecular complexity index is 440. The van der Waals surface area contributed by atoms with Gasteiger partial charge in [-0.2, -0.15) is 5.10 Å². The third-order valence-corrected chi connectivity index (χ3v) is 5.20. The Kier molecular flexibility index (Phi) is 4.29. The van der Waals surface area contributed by atoms with E-state index in [9.17, 15) is 0 Å². The molecule has 108 valence electrons. The minimum Gasteiger partial charge on any atom is -0.357 e. The molecule has 3 nitrogen and oxygen atoms in total. The van der Waals surface area contributed by atoms with Crippen LogP contribution in [-0.2, 0) is 12.4 Å². The lowest BCUT2D eigenvalue weighted by molar-refractivity contribution is 0.222. The van der Waals surface area contributed by atoms with Crippen molar-refractivity contribution in [1.82, 2.24) is 9.78 Å². The first kappa shape index (κ1) is 14.9. The van der Waals surface area contributed by atoms with Gasteiger partial charge in [0.05, 0.1) is 5.69 Å². The highest BCUT2D eigenvalue weighted by Gasteiger charge is 2.30. The van der Waals surface area contributed by atoms with Crippen molar-refractivity contribution in [3.8, 4) is 0 Å². The lowest BCUT2D eigenvalue weighted by Gasteiger charge is -2.39. The predicted molar refractivity (Wildman–Crippen MR) is 85.0 cm³/mol. The summed E-state index contributed by atoms with van der Waals surface area (Å²) >= 11 is 3.60. The van der Waals surface area contributed by atoms with Crippen molar-refractivity contribution in [3.63, 3.8) is 0 Å². The average Bonchev–Trinajstić information content (AvgIpc) is 2.62. The maximum absolute atomic E-state index is 4.57. The number of hydrogen-bond donors (Lipinski definition) is 0. The van der Waals surface area contributed by atoms with Crippen LogP contribution in [0.3, 0.4) is 0 Å². The third-order valence-electron chi connectivity index (χ3n) is 4.64. The van der Waals surface area contributed by atoms with Crippen LogP contribution in [0.1, 0.15) is 50.8 Å². The molecule has 1 aromatic heterocycles. The summed E-state index contributed by atoms with van der Waals surface area (Å²) in [7, 11) is 4.28. The Hall–Kier alpha value is -0.510. The monoisotopic (exact) mass is 327 g/mol. The van der Waals surface area contributed by atoms with Gasteiger partial charge in [0.2, 0.25) is 0 Å². The highest BCUT2D eigenvalue weighted by molar-refractivity contribution is 9.08. The molecule has 1 saturated carbocycles. The topological polar surface area (TPSA) is 21.1 Å². The number of aryl methyl sites for hydroxylation is 2. The Morgan fingerprint density at radius 3 is 2.47 bits per heavy atom. The zero-order valence-corrected chi connectivity index (χ0v) is 14.4. The van der Waals surface area contributed by atoms with Gasteiger partial charge in [0, 0.05) is 31.0 Å². The molecular weight excluding hydrogens is 302 g/mol. The molecule has 0 bridgehead atoms. The summed E-state index contributed by atoms with van der Waals surface area (Å²) in [6.45, 7) is 6.88. The fraction of sp³-hybridized carbons (Fsp3) is 0.800. The normalized spacial score (nSPS) is 19.7. The molecule has 1 heterocycles. The molecule has 0 spiro atoms. The van der Waals surface area contributed by atoms with Crippen LogP contribution in [0.25, 0.3) is 0 Å². The van der Waals surface area contributed by atoms with E-state index in [2.05, 4.69) is 60.8 Å². The molecule has 1 aliphatic carbocycles. The molecule has 4 heteroatoms. The van der Waals surface area contributed by atoms with E-state index in [4.69, 9.17) is 0 Å². The van der Waals surface area contributed by atoms with Crippen LogP contribution >= 0.6 is 15.9 Å². The first-order valence-electron chi connectivity index (χ1n) is 7.17. The van der Waals surface area contributed by atoms with Crippen molar-refractivity contribution in [3.05, 3.63) is 11.3 Å². The summed E-state index contributed by atoms with van der Waals surface area (Å²) in [5.41, 5.74) is 2.99. The van der Waals surface area contributed by atoms with Gasteiger partial charge < -0.3 is 4.90 Å². The lowest BCUT2D eigenvalue weighted by Crippen LogP contribution is -2.38. The molecule has 1 aromatic rings. The van der Waals surface area contributed by atoms with Crippen molar-refractivity contribution in [2.75, 3.05) is 11.9 Å².